The van der Waals surface area contributed by atoms with Crippen molar-refractivity contribution in [3.63, 3.8) is 0 Å². The molecule has 0 unspecified atom stereocenters. The lowest BCUT2D eigenvalue weighted by atomic mass is 9.89. The molecule has 0 aliphatic carbocycles. The van der Waals surface area contributed by atoms with Gasteiger partial charge in [0.05, 0.1) is 39.0 Å². The first-order valence-electron chi connectivity index (χ1n) is 9.62. The molecule has 0 saturated heterocycles. The first kappa shape index (κ1) is 31.0. The molecular formula is C23H3F12N5. The molecule has 0 amide bonds. The largest absolute Gasteiger partial charge is 0.418 e. The molecule has 2 aromatic carbocycles. The number of nitrogens with zero attached hydrogens (tertiary/aromatic N) is 5. The Morgan fingerprint density at radius 3 is 1.25 bits per heavy atom. The van der Waals surface area contributed by atoms with E-state index in [-0.39, 0.29) is 12.1 Å². The number of nitriles is 5. The molecular weight excluding hydrogens is 574 g/mol. The zero-order valence-corrected chi connectivity index (χ0v) is 18.5. The van der Waals surface area contributed by atoms with E-state index in [1.54, 1.807) is 0 Å². The van der Waals surface area contributed by atoms with Crippen LogP contribution in [-0.2, 0) is 24.7 Å². The van der Waals surface area contributed by atoms with Gasteiger partial charge in [-0.1, -0.05) is 0 Å². The third-order valence-corrected chi connectivity index (χ3v) is 5.03. The normalized spacial score (nSPS) is 12.8. The highest BCUT2D eigenvalue weighted by Gasteiger charge is 2.44. The standard InChI is InChI=1S/C23H3F12N5/c24-20(25,26)15-1-9(2-16(13(15)7-39)21(27,28)29)12(6-38)11-3-17(22(30,31)32)18(10(4-36)5-37)14(8-40)19(11)23(33,34)35/h1-3H/b12-11+. The van der Waals surface area contributed by atoms with E-state index in [0.29, 0.717) is 6.07 Å². The molecule has 0 heterocycles. The summed E-state index contributed by atoms with van der Waals surface area (Å²) >= 11 is 0. The van der Waals surface area contributed by atoms with Crippen molar-refractivity contribution >= 4 is 11.1 Å². The van der Waals surface area contributed by atoms with Gasteiger partial charge in [0.1, 0.15) is 35.9 Å². The highest BCUT2D eigenvalue weighted by Crippen LogP contribution is 2.41. The van der Waals surface area contributed by atoms with Crippen LogP contribution < -0.4 is 10.4 Å². The van der Waals surface area contributed by atoms with Crippen molar-refractivity contribution in [2.24, 2.45) is 0 Å². The minimum Gasteiger partial charge on any atom is -0.192 e. The van der Waals surface area contributed by atoms with Gasteiger partial charge in [0.25, 0.3) is 0 Å². The van der Waals surface area contributed by atoms with E-state index in [9.17, 15) is 63.2 Å². The highest BCUT2D eigenvalue weighted by atomic mass is 19.4. The number of alkyl halides is 12. The predicted molar refractivity (Wildman–Crippen MR) is 104 cm³/mol. The van der Waals surface area contributed by atoms with Gasteiger partial charge < -0.3 is 0 Å². The maximum atomic E-state index is 14.1. The molecule has 0 atom stereocenters. The van der Waals surface area contributed by atoms with Crippen LogP contribution in [0.15, 0.2) is 18.2 Å². The first-order chi connectivity index (χ1) is 18.2. The molecule has 2 aromatic rings. The van der Waals surface area contributed by atoms with E-state index >= 15 is 0 Å². The van der Waals surface area contributed by atoms with E-state index in [1.807, 2.05) is 0 Å². The number of rotatable bonds is 1. The molecule has 0 aliphatic heterocycles. The van der Waals surface area contributed by atoms with Crippen LogP contribution in [0.25, 0.3) is 11.1 Å². The van der Waals surface area contributed by atoms with Crippen LogP contribution >= 0.6 is 0 Å². The summed E-state index contributed by atoms with van der Waals surface area (Å²) in [6.07, 6.45) is -23.2. The molecule has 17 heteroatoms. The van der Waals surface area contributed by atoms with E-state index in [1.165, 1.54) is 0 Å². The zero-order valence-electron chi connectivity index (χ0n) is 18.5. The van der Waals surface area contributed by atoms with Crippen molar-refractivity contribution in [2.45, 2.75) is 24.7 Å². The Hall–Kier alpha value is -5.21. The summed E-state index contributed by atoms with van der Waals surface area (Å²) in [7, 11) is 0. The molecule has 5 nitrogen and oxygen atoms in total. The Morgan fingerprint density at radius 2 is 0.950 bits per heavy atom. The lowest BCUT2D eigenvalue weighted by Gasteiger charge is -2.18. The van der Waals surface area contributed by atoms with Crippen molar-refractivity contribution in [3.05, 3.63) is 67.6 Å². The number of hydrogen-bond donors (Lipinski definition) is 0. The van der Waals surface area contributed by atoms with Gasteiger partial charge in [-0.15, -0.1) is 0 Å². The summed E-state index contributed by atoms with van der Waals surface area (Å²) in [6.45, 7) is 0. The minimum atomic E-state index is -5.91. The highest BCUT2D eigenvalue weighted by molar-refractivity contribution is 5.81. The summed E-state index contributed by atoms with van der Waals surface area (Å²) in [5, 5.41) is 41.9. The summed E-state index contributed by atoms with van der Waals surface area (Å²) in [5.41, 5.74) is -18.7. The van der Waals surface area contributed by atoms with Crippen LogP contribution in [0.3, 0.4) is 0 Å². The minimum absolute atomic E-state index is 0.345. The van der Waals surface area contributed by atoms with Crippen LogP contribution in [0.2, 0.25) is 0 Å². The Balaban J connectivity index is 3.57. The monoisotopic (exact) mass is 577 g/mol. The Bertz CT molecular complexity index is 1690. The van der Waals surface area contributed by atoms with Gasteiger partial charge in [-0.25, -0.2) is 0 Å². The molecule has 0 aliphatic rings. The van der Waals surface area contributed by atoms with E-state index in [0.717, 1.165) is 24.3 Å². The molecule has 204 valence electrons. The van der Waals surface area contributed by atoms with Crippen LogP contribution in [0.4, 0.5) is 52.7 Å². The van der Waals surface area contributed by atoms with Crippen LogP contribution in [0.5, 0.6) is 0 Å². The second kappa shape index (κ2) is 10.2. The van der Waals surface area contributed by atoms with Crippen LogP contribution in [-0.4, -0.2) is 0 Å². The smallest absolute Gasteiger partial charge is 0.192 e. The first-order valence-corrected chi connectivity index (χ1v) is 9.62. The molecule has 0 aromatic heterocycles. The van der Waals surface area contributed by atoms with Gasteiger partial charge in [0, 0.05) is 10.4 Å². The summed E-state index contributed by atoms with van der Waals surface area (Å²) in [4.78, 5) is 0. The zero-order chi connectivity index (χ0) is 31.0. The van der Waals surface area contributed by atoms with Gasteiger partial charge in [0.15, 0.2) is 0 Å². The Morgan fingerprint density at radius 1 is 0.525 bits per heavy atom. The van der Waals surface area contributed by atoms with Gasteiger partial charge in [-0.3, -0.25) is 0 Å². The number of hydrogen-bond acceptors (Lipinski definition) is 5. The van der Waals surface area contributed by atoms with E-state index in [4.69, 9.17) is 15.8 Å². The average Bonchev–Trinajstić information content (AvgIpc) is 2.82. The van der Waals surface area contributed by atoms with Gasteiger partial charge in [0.2, 0.25) is 0 Å². The van der Waals surface area contributed by atoms with Gasteiger partial charge >= 0.3 is 24.7 Å². The average molecular weight is 577 g/mol. The lowest BCUT2D eigenvalue weighted by molar-refractivity contribution is -0.143. The Kier molecular flexibility index (Phi) is 7.88. The topological polar surface area (TPSA) is 119 Å². The van der Waals surface area contributed by atoms with E-state index in [2.05, 4.69) is 0 Å². The second-order valence-electron chi connectivity index (χ2n) is 7.34. The fourth-order valence-corrected chi connectivity index (χ4v) is 3.54. The molecule has 2 rings (SSSR count). The van der Waals surface area contributed by atoms with Gasteiger partial charge in [-0.2, -0.15) is 79.0 Å². The third-order valence-electron chi connectivity index (χ3n) is 5.03. The summed E-state index contributed by atoms with van der Waals surface area (Å²) in [5.74, 6) is 0. The molecule has 40 heavy (non-hydrogen) atoms. The van der Waals surface area contributed by atoms with Crippen molar-refractivity contribution in [1.29, 1.82) is 26.3 Å². The molecule has 0 bridgehead atoms. The fourth-order valence-electron chi connectivity index (χ4n) is 3.54. The molecule has 0 N–H and O–H groups in total. The fraction of sp³-hybridized carbons (Fsp3) is 0.174. The maximum absolute atomic E-state index is 14.1. The predicted octanol–water partition coefficient (Wildman–Crippen LogP) is 5.43. The van der Waals surface area contributed by atoms with Crippen molar-refractivity contribution in [3.8, 4) is 30.3 Å². The number of halogens is 12. The molecule has 0 fully saturated rings. The van der Waals surface area contributed by atoms with Crippen molar-refractivity contribution in [1.82, 2.24) is 0 Å². The molecule has 0 saturated carbocycles. The van der Waals surface area contributed by atoms with Crippen molar-refractivity contribution in [2.75, 3.05) is 0 Å². The maximum Gasteiger partial charge on any atom is 0.418 e. The third kappa shape index (κ3) is 5.62. The summed E-state index contributed by atoms with van der Waals surface area (Å²) in [6, 6.07) is 2.74. The van der Waals surface area contributed by atoms with E-state index < -0.39 is 91.3 Å². The van der Waals surface area contributed by atoms with Crippen LogP contribution in [0.1, 0.15) is 38.9 Å². The Labute approximate surface area is 213 Å². The second-order valence-corrected chi connectivity index (χ2v) is 7.34. The molecule has 0 radical (unpaired) electrons. The molecule has 0 spiro atoms. The quantitative estimate of drug-likeness (QED) is 0.419. The lowest BCUT2D eigenvalue weighted by Crippen LogP contribution is -2.35. The summed E-state index contributed by atoms with van der Waals surface area (Å²) < 4.78 is 165. The van der Waals surface area contributed by atoms with Gasteiger partial charge in [-0.05, 0) is 23.8 Å². The van der Waals surface area contributed by atoms with Crippen molar-refractivity contribution < 1.29 is 52.7 Å². The SMILES string of the molecule is N#CC(C#N)=c1c(C(F)(F)F)c/c(=C(/C#N)c2cc(C(F)(F)F)c(C#N)c(C(F)(F)F)c2)c(C(F)(F)F)c1C#N. The van der Waals surface area contributed by atoms with Crippen LogP contribution in [0, 0.1) is 56.7 Å². The number of benzene rings is 2.